The fourth-order valence-corrected chi connectivity index (χ4v) is 3.07. The largest absolute Gasteiger partial charge is 0.345 e. The maximum absolute atomic E-state index is 12.2. The van der Waals surface area contributed by atoms with Gasteiger partial charge in [-0.3, -0.25) is 4.79 Å². The summed E-state index contributed by atoms with van der Waals surface area (Å²) in [5.41, 5.74) is 3.97. The molecule has 0 fully saturated rings. The highest BCUT2D eigenvalue weighted by molar-refractivity contribution is 6.31. The van der Waals surface area contributed by atoms with Gasteiger partial charge in [-0.1, -0.05) is 23.7 Å². The maximum Gasteiger partial charge on any atom is 0.253 e. The van der Waals surface area contributed by atoms with E-state index in [-0.39, 0.29) is 5.91 Å². The molecule has 1 aromatic heterocycles. The van der Waals surface area contributed by atoms with Gasteiger partial charge in [0.25, 0.3) is 5.91 Å². The molecule has 0 N–H and O–H groups in total. The minimum absolute atomic E-state index is 0.00838. The summed E-state index contributed by atoms with van der Waals surface area (Å²) in [6.45, 7) is 2.97. The van der Waals surface area contributed by atoms with Crippen molar-refractivity contribution in [3.05, 3.63) is 59.1 Å². The lowest BCUT2D eigenvalue weighted by Gasteiger charge is -2.12. The molecule has 0 atom stereocenters. The molecule has 3 rings (SSSR count). The Balaban J connectivity index is 2.17. The Morgan fingerprint density at radius 1 is 1.13 bits per heavy atom. The van der Waals surface area contributed by atoms with Gasteiger partial charge in [0.15, 0.2) is 0 Å². The molecule has 3 aromatic rings. The van der Waals surface area contributed by atoms with Crippen LogP contribution in [0.5, 0.6) is 0 Å². The maximum atomic E-state index is 12.2. The van der Waals surface area contributed by atoms with E-state index in [9.17, 15) is 4.79 Å². The number of aryl methyl sites for hydroxylation is 1. The Hall–Kier alpha value is -2.26. The third kappa shape index (κ3) is 2.84. The van der Waals surface area contributed by atoms with E-state index in [4.69, 9.17) is 11.6 Å². The lowest BCUT2D eigenvalue weighted by molar-refractivity contribution is 0.0827. The van der Waals surface area contributed by atoms with Crippen LogP contribution in [-0.2, 0) is 6.54 Å². The number of fused-ring (bicyclic) bond motifs is 1. The predicted molar refractivity (Wildman–Crippen MR) is 96.1 cm³/mol. The fraction of sp³-hybridized carbons (Fsp3) is 0.211. The molecule has 4 heteroatoms. The van der Waals surface area contributed by atoms with Gasteiger partial charge >= 0.3 is 0 Å². The lowest BCUT2D eigenvalue weighted by atomic mass is 10.1. The Morgan fingerprint density at radius 3 is 2.61 bits per heavy atom. The molecule has 0 saturated heterocycles. The lowest BCUT2D eigenvalue weighted by Crippen LogP contribution is -2.21. The summed E-state index contributed by atoms with van der Waals surface area (Å²) in [7, 11) is 3.53. The molecule has 0 radical (unpaired) electrons. The fourth-order valence-electron chi connectivity index (χ4n) is 2.89. The Labute approximate surface area is 141 Å². The van der Waals surface area contributed by atoms with Crippen molar-refractivity contribution >= 4 is 28.4 Å². The van der Waals surface area contributed by atoms with Crippen LogP contribution in [0.1, 0.15) is 17.3 Å². The monoisotopic (exact) mass is 326 g/mol. The van der Waals surface area contributed by atoms with Crippen LogP contribution in [0.2, 0.25) is 5.02 Å². The van der Waals surface area contributed by atoms with Gasteiger partial charge < -0.3 is 9.47 Å². The molecular formula is C19H19ClN2O. The molecule has 3 nitrogen and oxygen atoms in total. The molecular weight excluding hydrogens is 308 g/mol. The van der Waals surface area contributed by atoms with Crippen LogP contribution < -0.4 is 0 Å². The SMILES string of the molecule is CCn1c(-c2cccc(C(=O)N(C)C)c2)cc2cc(Cl)ccc21. The third-order valence-electron chi connectivity index (χ3n) is 3.99. The first kappa shape index (κ1) is 15.6. The minimum Gasteiger partial charge on any atom is -0.345 e. The van der Waals surface area contributed by atoms with E-state index in [1.807, 2.05) is 42.5 Å². The number of carbonyl (C=O) groups is 1. The third-order valence-corrected chi connectivity index (χ3v) is 4.23. The van der Waals surface area contributed by atoms with Crippen LogP contribution >= 0.6 is 11.6 Å². The van der Waals surface area contributed by atoms with Gasteiger partial charge in [0.1, 0.15) is 0 Å². The van der Waals surface area contributed by atoms with Gasteiger partial charge in [-0.25, -0.2) is 0 Å². The van der Waals surface area contributed by atoms with Crippen LogP contribution in [0.15, 0.2) is 48.5 Å². The van der Waals surface area contributed by atoms with Crippen LogP contribution in [0, 0.1) is 0 Å². The van der Waals surface area contributed by atoms with E-state index in [2.05, 4.69) is 17.6 Å². The van der Waals surface area contributed by atoms with Crippen LogP contribution in [0.3, 0.4) is 0 Å². The van der Waals surface area contributed by atoms with Gasteiger partial charge in [-0.05, 0) is 48.9 Å². The van der Waals surface area contributed by atoms with E-state index in [0.717, 1.165) is 33.7 Å². The first-order valence-corrected chi connectivity index (χ1v) is 8.00. The highest BCUT2D eigenvalue weighted by atomic mass is 35.5. The number of nitrogens with zero attached hydrogens (tertiary/aromatic N) is 2. The first-order chi connectivity index (χ1) is 11.0. The zero-order chi connectivity index (χ0) is 16.6. The second-order valence-corrected chi connectivity index (χ2v) is 6.19. The Bertz CT molecular complexity index is 880. The van der Waals surface area contributed by atoms with Gasteiger partial charge in [0.2, 0.25) is 0 Å². The Kier molecular flexibility index (Phi) is 4.14. The molecule has 118 valence electrons. The second kappa shape index (κ2) is 6.09. The molecule has 1 heterocycles. The standard InChI is InChI=1S/C19H19ClN2O/c1-4-22-17-9-8-16(20)11-15(17)12-18(22)13-6-5-7-14(10-13)19(23)21(2)3/h5-12H,4H2,1-3H3. The van der Waals surface area contributed by atoms with E-state index in [1.54, 1.807) is 19.0 Å². The van der Waals surface area contributed by atoms with Crippen molar-refractivity contribution in [2.75, 3.05) is 14.1 Å². The van der Waals surface area contributed by atoms with Crippen molar-refractivity contribution in [2.45, 2.75) is 13.5 Å². The van der Waals surface area contributed by atoms with Crippen molar-refractivity contribution < 1.29 is 4.79 Å². The summed E-state index contributed by atoms with van der Waals surface area (Å²) < 4.78 is 2.24. The quantitative estimate of drug-likeness (QED) is 0.686. The molecule has 0 bridgehead atoms. The summed E-state index contributed by atoms with van der Waals surface area (Å²) in [6.07, 6.45) is 0. The van der Waals surface area contributed by atoms with Gasteiger partial charge in [0.05, 0.1) is 0 Å². The van der Waals surface area contributed by atoms with Crippen molar-refractivity contribution in [2.24, 2.45) is 0 Å². The van der Waals surface area contributed by atoms with Crippen molar-refractivity contribution in [3.63, 3.8) is 0 Å². The molecule has 0 aliphatic rings. The molecule has 0 spiro atoms. The predicted octanol–water partition coefficient (Wildman–Crippen LogP) is 4.68. The number of hydrogen-bond acceptors (Lipinski definition) is 1. The van der Waals surface area contributed by atoms with Gasteiger partial charge in [0, 0.05) is 47.8 Å². The number of hydrogen-bond donors (Lipinski definition) is 0. The van der Waals surface area contributed by atoms with Crippen LogP contribution in [0.4, 0.5) is 0 Å². The molecule has 0 unspecified atom stereocenters. The number of amides is 1. The zero-order valence-electron chi connectivity index (χ0n) is 13.5. The number of aromatic nitrogens is 1. The van der Waals surface area contributed by atoms with Crippen LogP contribution in [-0.4, -0.2) is 29.5 Å². The zero-order valence-corrected chi connectivity index (χ0v) is 14.3. The highest BCUT2D eigenvalue weighted by Crippen LogP contribution is 2.30. The summed E-state index contributed by atoms with van der Waals surface area (Å²) in [5.74, 6) is 0.00838. The average Bonchev–Trinajstić information content (AvgIpc) is 2.91. The van der Waals surface area contributed by atoms with E-state index in [0.29, 0.717) is 5.56 Å². The first-order valence-electron chi connectivity index (χ1n) is 7.62. The van der Waals surface area contributed by atoms with Crippen molar-refractivity contribution in [1.29, 1.82) is 0 Å². The average molecular weight is 327 g/mol. The highest BCUT2D eigenvalue weighted by Gasteiger charge is 2.13. The number of carbonyl (C=O) groups excluding carboxylic acids is 1. The number of rotatable bonds is 3. The molecule has 0 aliphatic carbocycles. The molecule has 2 aromatic carbocycles. The topological polar surface area (TPSA) is 25.2 Å². The molecule has 23 heavy (non-hydrogen) atoms. The summed E-state index contributed by atoms with van der Waals surface area (Å²) >= 11 is 6.11. The van der Waals surface area contributed by atoms with Crippen molar-refractivity contribution in [3.8, 4) is 11.3 Å². The summed E-state index contributed by atoms with van der Waals surface area (Å²) in [4.78, 5) is 13.8. The molecule has 1 amide bonds. The van der Waals surface area contributed by atoms with E-state index >= 15 is 0 Å². The number of benzene rings is 2. The van der Waals surface area contributed by atoms with Crippen LogP contribution in [0.25, 0.3) is 22.2 Å². The van der Waals surface area contributed by atoms with Gasteiger partial charge in [-0.2, -0.15) is 0 Å². The smallest absolute Gasteiger partial charge is 0.253 e. The van der Waals surface area contributed by atoms with Gasteiger partial charge in [-0.15, -0.1) is 0 Å². The number of halogens is 1. The molecule has 0 aliphatic heterocycles. The minimum atomic E-state index is 0.00838. The van der Waals surface area contributed by atoms with E-state index < -0.39 is 0 Å². The van der Waals surface area contributed by atoms with E-state index in [1.165, 1.54) is 0 Å². The summed E-state index contributed by atoms with van der Waals surface area (Å²) in [6, 6.07) is 15.8. The van der Waals surface area contributed by atoms with Crippen molar-refractivity contribution in [1.82, 2.24) is 9.47 Å². The normalized spacial score (nSPS) is 11.0. The Morgan fingerprint density at radius 2 is 1.91 bits per heavy atom. The summed E-state index contributed by atoms with van der Waals surface area (Å²) in [5, 5.41) is 1.84. The molecule has 0 saturated carbocycles. The second-order valence-electron chi connectivity index (χ2n) is 5.76.